The summed E-state index contributed by atoms with van der Waals surface area (Å²) >= 11 is 5.72. The minimum Gasteiger partial charge on any atom is -0.508 e. The summed E-state index contributed by atoms with van der Waals surface area (Å²) in [6.07, 6.45) is 2.93. The highest BCUT2D eigenvalue weighted by molar-refractivity contribution is 6.24. The van der Waals surface area contributed by atoms with Gasteiger partial charge in [-0.25, -0.2) is 0 Å². The molecule has 0 radical (unpaired) electrons. The van der Waals surface area contributed by atoms with E-state index in [1.807, 2.05) is 6.07 Å². The quantitative estimate of drug-likeness (QED) is 0.583. The lowest BCUT2D eigenvalue weighted by molar-refractivity contribution is 0.0981. The van der Waals surface area contributed by atoms with Crippen molar-refractivity contribution in [1.82, 2.24) is 5.32 Å². The van der Waals surface area contributed by atoms with Crippen molar-refractivity contribution in [3.63, 3.8) is 0 Å². The normalized spacial score (nSPS) is 22.4. The molecule has 4 nitrogen and oxygen atoms in total. The first-order valence-electron chi connectivity index (χ1n) is 5.83. The van der Waals surface area contributed by atoms with Crippen LogP contribution in [0.15, 0.2) is 53.9 Å². The van der Waals surface area contributed by atoms with E-state index in [2.05, 4.69) is 5.32 Å². The number of halogens is 1. The fourth-order valence-corrected chi connectivity index (χ4v) is 1.96. The van der Waals surface area contributed by atoms with Crippen LogP contribution in [0, 0.1) is 0 Å². The van der Waals surface area contributed by atoms with Crippen molar-refractivity contribution in [3.05, 3.63) is 59.5 Å². The summed E-state index contributed by atoms with van der Waals surface area (Å²) in [4.78, 5) is 11.9. The second-order valence-corrected chi connectivity index (χ2v) is 4.95. The van der Waals surface area contributed by atoms with E-state index in [-0.39, 0.29) is 24.5 Å². The van der Waals surface area contributed by atoms with Crippen molar-refractivity contribution < 1.29 is 15.0 Å². The minimum atomic E-state index is -1.80. The molecule has 0 saturated heterocycles. The van der Waals surface area contributed by atoms with Crippen LogP contribution < -0.4 is 5.32 Å². The van der Waals surface area contributed by atoms with E-state index in [9.17, 15) is 15.0 Å². The fourth-order valence-electron chi connectivity index (χ4n) is 1.75. The van der Waals surface area contributed by atoms with E-state index in [4.69, 9.17) is 11.6 Å². The maximum atomic E-state index is 11.9. The standard InChI is InChI=1S/C14H14ClNO3/c15-14(19)8-11(6-7-13(14)18)16-9-12(17)10-4-2-1-3-5-10/h1-7,16,18-19H,8-9H2. The van der Waals surface area contributed by atoms with Crippen LogP contribution >= 0.6 is 11.6 Å². The highest BCUT2D eigenvalue weighted by atomic mass is 35.5. The summed E-state index contributed by atoms with van der Waals surface area (Å²) in [6, 6.07) is 8.91. The molecule has 0 aromatic heterocycles. The molecule has 0 aliphatic heterocycles. The minimum absolute atomic E-state index is 0.0267. The van der Waals surface area contributed by atoms with Gasteiger partial charge in [-0.05, 0) is 12.2 Å². The molecule has 0 amide bonds. The molecular weight excluding hydrogens is 266 g/mol. The van der Waals surface area contributed by atoms with Crippen LogP contribution in [0.3, 0.4) is 0 Å². The third kappa shape index (κ3) is 3.36. The van der Waals surface area contributed by atoms with Gasteiger partial charge in [0.25, 0.3) is 0 Å². The molecule has 1 aliphatic carbocycles. The third-order valence-corrected chi connectivity index (χ3v) is 3.16. The van der Waals surface area contributed by atoms with Gasteiger partial charge in [0.1, 0.15) is 5.76 Å². The van der Waals surface area contributed by atoms with E-state index in [0.717, 1.165) is 0 Å². The highest BCUT2D eigenvalue weighted by Crippen LogP contribution is 2.30. The zero-order chi connectivity index (χ0) is 13.9. The van der Waals surface area contributed by atoms with Gasteiger partial charge >= 0.3 is 0 Å². The lowest BCUT2D eigenvalue weighted by Gasteiger charge is -2.25. The Kier molecular flexibility index (Phi) is 3.93. The van der Waals surface area contributed by atoms with Gasteiger partial charge < -0.3 is 15.5 Å². The van der Waals surface area contributed by atoms with Gasteiger partial charge in [-0.1, -0.05) is 41.9 Å². The summed E-state index contributed by atoms with van der Waals surface area (Å²) in [5.74, 6) is -0.354. The van der Waals surface area contributed by atoms with E-state index in [0.29, 0.717) is 11.3 Å². The fraction of sp³-hybridized carbons (Fsp3) is 0.214. The van der Waals surface area contributed by atoms with Gasteiger partial charge in [0.05, 0.1) is 6.54 Å². The smallest absolute Gasteiger partial charge is 0.201 e. The molecule has 2 rings (SSSR count). The molecule has 1 atom stereocenters. The third-order valence-electron chi connectivity index (χ3n) is 2.83. The predicted octanol–water partition coefficient (Wildman–Crippen LogP) is 2.12. The largest absolute Gasteiger partial charge is 0.508 e. The number of alkyl halides is 1. The SMILES string of the molecule is O=C(CNC1=CC=C(O)C(O)(Cl)C1)c1ccccc1. The Hall–Kier alpha value is -1.78. The van der Waals surface area contributed by atoms with Crippen LogP contribution in [0.2, 0.25) is 0 Å². The van der Waals surface area contributed by atoms with Crippen molar-refractivity contribution in [3.8, 4) is 0 Å². The van der Waals surface area contributed by atoms with Crippen LogP contribution in [-0.2, 0) is 0 Å². The summed E-state index contributed by atoms with van der Waals surface area (Å²) in [5.41, 5.74) is 1.21. The van der Waals surface area contributed by atoms with Gasteiger partial charge in [-0.15, -0.1) is 0 Å². The Labute approximate surface area is 116 Å². The second-order valence-electron chi connectivity index (χ2n) is 4.32. The number of hydrogen-bond acceptors (Lipinski definition) is 4. The number of rotatable bonds is 4. The lowest BCUT2D eigenvalue weighted by atomic mass is 10.1. The number of benzene rings is 1. The number of nitrogens with one attached hydrogen (secondary N) is 1. The topological polar surface area (TPSA) is 69.6 Å². The molecule has 0 spiro atoms. The van der Waals surface area contributed by atoms with Crippen LogP contribution in [0.5, 0.6) is 0 Å². The molecule has 100 valence electrons. The molecular formula is C14H14ClNO3. The van der Waals surface area contributed by atoms with Gasteiger partial charge in [0.2, 0.25) is 5.06 Å². The summed E-state index contributed by atoms with van der Waals surface area (Å²) in [5, 5.41) is 20.1. The number of ketones is 1. The number of hydrogen-bond donors (Lipinski definition) is 3. The van der Waals surface area contributed by atoms with E-state index in [1.54, 1.807) is 30.3 Å². The summed E-state index contributed by atoms with van der Waals surface area (Å²) in [7, 11) is 0. The van der Waals surface area contributed by atoms with Crippen LogP contribution in [0.4, 0.5) is 0 Å². The van der Waals surface area contributed by atoms with E-state index in [1.165, 1.54) is 6.08 Å². The van der Waals surface area contributed by atoms with Gasteiger partial charge in [-0.2, -0.15) is 0 Å². The highest BCUT2D eigenvalue weighted by Gasteiger charge is 2.32. The molecule has 3 N–H and O–H groups in total. The van der Waals surface area contributed by atoms with Crippen molar-refractivity contribution in [2.24, 2.45) is 0 Å². The average molecular weight is 280 g/mol. The molecule has 1 aromatic rings. The number of aliphatic hydroxyl groups is 2. The molecule has 0 heterocycles. The van der Waals surface area contributed by atoms with Crippen molar-refractivity contribution >= 4 is 17.4 Å². The van der Waals surface area contributed by atoms with E-state index >= 15 is 0 Å². The Morgan fingerprint density at radius 1 is 1.32 bits per heavy atom. The monoisotopic (exact) mass is 279 g/mol. The first-order valence-corrected chi connectivity index (χ1v) is 6.20. The summed E-state index contributed by atoms with van der Waals surface area (Å²) < 4.78 is 0. The maximum Gasteiger partial charge on any atom is 0.201 e. The van der Waals surface area contributed by atoms with Crippen LogP contribution in [0.25, 0.3) is 0 Å². The van der Waals surface area contributed by atoms with Gasteiger partial charge in [-0.3, -0.25) is 4.79 Å². The molecule has 0 saturated carbocycles. The van der Waals surface area contributed by atoms with Crippen LogP contribution in [-0.4, -0.2) is 27.6 Å². The van der Waals surface area contributed by atoms with Crippen molar-refractivity contribution in [1.29, 1.82) is 0 Å². The Morgan fingerprint density at radius 3 is 2.63 bits per heavy atom. The molecule has 1 aliphatic rings. The van der Waals surface area contributed by atoms with Crippen molar-refractivity contribution in [2.75, 3.05) is 6.54 Å². The molecule has 1 aromatic carbocycles. The van der Waals surface area contributed by atoms with Crippen LogP contribution in [0.1, 0.15) is 16.8 Å². The number of carbonyl (C=O) groups is 1. The molecule has 1 unspecified atom stereocenters. The zero-order valence-electron chi connectivity index (χ0n) is 10.1. The Bertz CT molecular complexity index is 535. The number of Topliss-reactive ketones (excluding diaryl/α,β-unsaturated/α-hetero) is 1. The number of aliphatic hydroxyl groups excluding tert-OH is 1. The molecule has 0 fully saturated rings. The first-order chi connectivity index (χ1) is 8.99. The molecule has 5 heteroatoms. The molecule has 0 bridgehead atoms. The predicted molar refractivity (Wildman–Crippen MR) is 73.0 cm³/mol. The van der Waals surface area contributed by atoms with E-state index < -0.39 is 5.06 Å². The number of allylic oxidation sites excluding steroid dienone is 2. The lowest BCUT2D eigenvalue weighted by Crippen LogP contribution is -2.32. The maximum absolute atomic E-state index is 11.9. The second kappa shape index (κ2) is 5.47. The Morgan fingerprint density at radius 2 is 2.00 bits per heavy atom. The van der Waals surface area contributed by atoms with Gasteiger partial charge in [0.15, 0.2) is 5.78 Å². The van der Waals surface area contributed by atoms with Gasteiger partial charge in [0, 0.05) is 17.7 Å². The first kappa shape index (κ1) is 13.6. The zero-order valence-corrected chi connectivity index (χ0v) is 10.9. The Balaban J connectivity index is 1.96. The van der Waals surface area contributed by atoms with Crippen molar-refractivity contribution in [2.45, 2.75) is 11.5 Å². The summed E-state index contributed by atoms with van der Waals surface area (Å²) in [6.45, 7) is 0.109. The number of carbonyl (C=O) groups excluding carboxylic acids is 1. The average Bonchev–Trinajstić information content (AvgIpc) is 2.40. The molecule has 19 heavy (non-hydrogen) atoms.